The van der Waals surface area contributed by atoms with Gasteiger partial charge < -0.3 is 5.32 Å². The average molecular weight is 312 g/mol. The monoisotopic (exact) mass is 311 g/mol. The molecule has 5 heteroatoms. The van der Waals surface area contributed by atoms with Crippen LogP contribution >= 0.6 is 27.5 Å². The van der Waals surface area contributed by atoms with E-state index in [9.17, 15) is 0 Å². The smallest absolute Gasteiger partial charge is 0.110 e. The normalized spacial score (nSPS) is 11.1. The second kappa shape index (κ2) is 5.71. The summed E-state index contributed by atoms with van der Waals surface area (Å²) in [6.07, 6.45) is 0. The van der Waals surface area contributed by atoms with Crippen LogP contribution in [0.5, 0.6) is 0 Å². The van der Waals surface area contributed by atoms with Crippen LogP contribution in [0.2, 0.25) is 0 Å². The lowest BCUT2D eigenvalue weighted by Gasteiger charge is -2.07. The molecule has 0 spiro atoms. The van der Waals surface area contributed by atoms with E-state index in [1.54, 1.807) is 0 Å². The summed E-state index contributed by atoms with van der Waals surface area (Å²) >= 11 is 4.89. The molecule has 1 N–H and O–H groups in total. The van der Waals surface area contributed by atoms with E-state index in [1.165, 1.54) is 16.4 Å². The fourth-order valence-corrected chi connectivity index (χ4v) is 2.33. The minimum Gasteiger partial charge on any atom is -0.310 e. The van der Waals surface area contributed by atoms with Crippen molar-refractivity contribution < 1.29 is 0 Å². The van der Waals surface area contributed by atoms with Crippen LogP contribution in [0, 0.1) is 0 Å². The lowest BCUT2D eigenvalue weighted by Crippen LogP contribution is -2.21. The van der Waals surface area contributed by atoms with E-state index in [4.69, 9.17) is 0 Å². The summed E-state index contributed by atoms with van der Waals surface area (Å²) in [6, 6.07) is 8.62. The van der Waals surface area contributed by atoms with Crippen molar-refractivity contribution in [3.8, 4) is 11.3 Å². The van der Waals surface area contributed by atoms with Gasteiger partial charge in [-0.15, -0.1) is 5.10 Å². The quantitative estimate of drug-likeness (QED) is 0.939. The zero-order chi connectivity index (χ0) is 12.3. The fraction of sp³-hybridized carbons (Fsp3) is 0.333. The Bertz CT molecular complexity index is 479. The van der Waals surface area contributed by atoms with Gasteiger partial charge in [-0.05, 0) is 23.7 Å². The number of aromatic nitrogens is 2. The van der Waals surface area contributed by atoms with Crippen molar-refractivity contribution >= 4 is 27.5 Å². The van der Waals surface area contributed by atoms with E-state index in [0.29, 0.717) is 6.04 Å². The highest BCUT2D eigenvalue weighted by atomic mass is 79.9. The first-order valence-corrected chi connectivity index (χ1v) is 7.04. The number of nitrogens with one attached hydrogen (secondary N) is 1. The number of hydrogen-bond donors (Lipinski definition) is 1. The predicted octanol–water partition coefficient (Wildman–Crippen LogP) is 3.47. The number of hydrogen-bond acceptors (Lipinski definition) is 4. The highest BCUT2D eigenvalue weighted by Gasteiger charge is 2.10. The van der Waals surface area contributed by atoms with Crippen molar-refractivity contribution in [3.05, 3.63) is 33.6 Å². The van der Waals surface area contributed by atoms with Gasteiger partial charge in [0.15, 0.2) is 0 Å². The Morgan fingerprint density at radius 2 is 2.00 bits per heavy atom. The Balaban J connectivity index is 2.21. The molecule has 2 aromatic rings. The summed E-state index contributed by atoms with van der Waals surface area (Å²) in [4.78, 5) is 1.18. The molecule has 0 radical (unpaired) electrons. The van der Waals surface area contributed by atoms with E-state index in [0.717, 1.165) is 22.3 Å². The molecule has 0 bridgehead atoms. The van der Waals surface area contributed by atoms with Crippen LogP contribution in [0.4, 0.5) is 0 Å². The van der Waals surface area contributed by atoms with Gasteiger partial charge in [-0.3, -0.25) is 0 Å². The first kappa shape index (κ1) is 12.7. The molecule has 0 saturated carbocycles. The summed E-state index contributed by atoms with van der Waals surface area (Å²) in [5.41, 5.74) is 2.10. The van der Waals surface area contributed by atoms with Crippen LogP contribution in [-0.2, 0) is 6.54 Å². The molecule has 1 aromatic carbocycles. The molecule has 0 saturated heterocycles. The van der Waals surface area contributed by atoms with Crippen molar-refractivity contribution in [3.63, 3.8) is 0 Å². The third kappa shape index (κ3) is 3.34. The average Bonchev–Trinajstić information content (AvgIpc) is 2.75. The second-order valence-electron chi connectivity index (χ2n) is 4.09. The van der Waals surface area contributed by atoms with Crippen LogP contribution in [-0.4, -0.2) is 15.6 Å². The van der Waals surface area contributed by atoms with Crippen molar-refractivity contribution in [2.45, 2.75) is 26.4 Å². The van der Waals surface area contributed by atoms with Gasteiger partial charge in [0.1, 0.15) is 5.69 Å². The molecule has 0 unspecified atom stereocenters. The van der Waals surface area contributed by atoms with Gasteiger partial charge in [0.05, 0.1) is 4.88 Å². The van der Waals surface area contributed by atoms with Gasteiger partial charge >= 0.3 is 0 Å². The minimum absolute atomic E-state index is 0.467. The van der Waals surface area contributed by atoms with Crippen molar-refractivity contribution in [2.75, 3.05) is 0 Å². The summed E-state index contributed by atoms with van der Waals surface area (Å²) in [6.45, 7) is 5.09. The van der Waals surface area contributed by atoms with Gasteiger partial charge in [-0.2, -0.15) is 0 Å². The van der Waals surface area contributed by atoms with E-state index >= 15 is 0 Å². The minimum atomic E-state index is 0.467. The third-order valence-electron chi connectivity index (χ3n) is 2.34. The van der Waals surface area contributed by atoms with Crippen molar-refractivity contribution in [1.29, 1.82) is 0 Å². The Kier molecular flexibility index (Phi) is 4.25. The van der Waals surface area contributed by atoms with Crippen LogP contribution in [0.3, 0.4) is 0 Å². The molecule has 90 valence electrons. The van der Waals surface area contributed by atoms with Crippen LogP contribution in [0.1, 0.15) is 18.7 Å². The molecular formula is C12H14BrN3S. The molecule has 0 amide bonds. The maximum Gasteiger partial charge on any atom is 0.110 e. The number of benzene rings is 1. The molecule has 0 aliphatic rings. The maximum absolute atomic E-state index is 4.21. The standard InChI is InChI=1S/C12H14BrN3S/c1-8(2)14-7-11-12(15-16-17-11)9-3-5-10(13)6-4-9/h3-6,8,14H,7H2,1-2H3. The number of nitrogens with zero attached hydrogens (tertiary/aromatic N) is 2. The largest absolute Gasteiger partial charge is 0.310 e. The number of rotatable bonds is 4. The van der Waals surface area contributed by atoms with E-state index in [2.05, 4.69) is 56.8 Å². The summed E-state index contributed by atoms with van der Waals surface area (Å²) in [5.74, 6) is 0. The maximum atomic E-state index is 4.21. The topological polar surface area (TPSA) is 37.8 Å². The zero-order valence-electron chi connectivity index (χ0n) is 9.77. The molecular weight excluding hydrogens is 298 g/mol. The first-order chi connectivity index (χ1) is 8.16. The van der Waals surface area contributed by atoms with Gasteiger partial charge in [-0.1, -0.05) is 46.4 Å². The van der Waals surface area contributed by atoms with Gasteiger partial charge in [0.2, 0.25) is 0 Å². The molecule has 0 fully saturated rings. The van der Waals surface area contributed by atoms with Crippen LogP contribution in [0.25, 0.3) is 11.3 Å². The third-order valence-corrected chi connectivity index (χ3v) is 3.59. The Hall–Kier alpha value is -0.780. The van der Waals surface area contributed by atoms with Crippen molar-refractivity contribution in [2.24, 2.45) is 0 Å². The van der Waals surface area contributed by atoms with Crippen molar-refractivity contribution in [1.82, 2.24) is 14.9 Å². The Labute approximate surface area is 114 Å². The number of halogens is 1. The molecule has 2 rings (SSSR count). The molecule has 0 aliphatic heterocycles. The molecule has 17 heavy (non-hydrogen) atoms. The molecule has 1 heterocycles. The highest BCUT2D eigenvalue weighted by molar-refractivity contribution is 9.10. The zero-order valence-corrected chi connectivity index (χ0v) is 12.2. The van der Waals surface area contributed by atoms with E-state index in [1.807, 2.05) is 12.1 Å². The van der Waals surface area contributed by atoms with Crippen LogP contribution < -0.4 is 5.32 Å². The summed E-state index contributed by atoms with van der Waals surface area (Å²) in [7, 11) is 0. The fourth-order valence-electron chi connectivity index (χ4n) is 1.45. The second-order valence-corrected chi connectivity index (χ2v) is 5.84. The van der Waals surface area contributed by atoms with Gasteiger partial charge in [0.25, 0.3) is 0 Å². The van der Waals surface area contributed by atoms with E-state index < -0.39 is 0 Å². The van der Waals surface area contributed by atoms with Gasteiger partial charge in [0, 0.05) is 22.6 Å². The predicted molar refractivity (Wildman–Crippen MR) is 75.0 cm³/mol. The first-order valence-electron chi connectivity index (χ1n) is 5.47. The summed E-state index contributed by atoms with van der Waals surface area (Å²) < 4.78 is 5.11. The van der Waals surface area contributed by atoms with Crippen LogP contribution in [0.15, 0.2) is 28.7 Å². The lowest BCUT2D eigenvalue weighted by molar-refractivity contribution is 0.593. The Morgan fingerprint density at radius 1 is 1.29 bits per heavy atom. The molecule has 3 nitrogen and oxygen atoms in total. The molecule has 1 aromatic heterocycles. The van der Waals surface area contributed by atoms with Gasteiger partial charge in [-0.25, -0.2) is 0 Å². The highest BCUT2D eigenvalue weighted by Crippen LogP contribution is 2.25. The molecule has 0 atom stereocenters. The van der Waals surface area contributed by atoms with E-state index in [-0.39, 0.29) is 0 Å². The lowest BCUT2D eigenvalue weighted by atomic mass is 10.1. The molecule has 0 aliphatic carbocycles. The Morgan fingerprint density at radius 3 is 2.65 bits per heavy atom. The summed E-state index contributed by atoms with van der Waals surface area (Å²) in [5, 5.41) is 7.60. The SMILES string of the molecule is CC(C)NCc1snnc1-c1ccc(Br)cc1.